The fraction of sp³-hybridized carbons (Fsp3) is 0.303. The summed E-state index contributed by atoms with van der Waals surface area (Å²) in [6.45, 7) is 3.03. The quantitative estimate of drug-likeness (QED) is 0.0449. The van der Waals surface area contributed by atoms with Crippen molar-refractivity contribution in [2.45, 2.75) is 50.9 Å². The molecule has 0 unspecified atom stereocenters. The summed E-state index contributed by atoms with van der Waals surface area (Å²) in [5, 5.41) is 23.1. The molecule has 52 heavy (non-hydrogen) atoms. The number of halogens is 6. The molecule has 0 saturated carbocycles. The van der Waals surface area contributed by atoms with Gasteiger partial charge < -0.3 is 18.9 Å². The number of carbonyl (C=O) groups excluding carboxylic acids is 1. The van der Waals surface area contributed by atoms with Crippen LogP contribution in [0.15, 0.2) is 60.9 Å². The van der Waals surface area contributed by atoms with Crippen LogP contribution in [0, 0.1) is 20.2 Å². The lowest BCUT2D eigenvalue weighted by molar-refractivity contribution is -0.385. The number of nitro benzene ring substituents is 2. The number of non-ortho nitro benzene ring substituents is 2. The Bertz CT molecular complexity index is 1850. The van der Waals surface area contributed by atoms with E-state index in [1.54, 1.807) is 0 Å². The van der Waals surface area contributed by atoms with Crippen molar-refractivity contribution in [2.24, 2.45) is 0 Å². The van der Waals surface area contributed by atoms with Gasteiger partial charge in [-0.1, -0.05) is 13.8 Å². The molecule has 19 heteroatoms. The highest BCUT2D eigenvalue weighted by atomic mass is 19.4. The van der Waals surface area contributed by atoms with E-state index in [0.29, 0.717) is 0 Å². The Labute approximate surface area is 290 Å². The summed E-state index contributed by atoms with van der Waals surface area (Å²) < 4.78 is 102. The van der Waals surface area contributed by atoms with Crippen molar-refractivity contribution >= 4 is 17.5 Å². The average molecular weight is 739 g/mol. The first-order valence-electron chi connectivity index (χ1n) is 15.0. The van der Waals surface area contributed by atoms with Gasteiger partial charge in [-0.3, -0.25) is 20.2 Å². The minimum atomic E-state index is -4.80. The first kappa shape index (κ1) is 38.8. The molecule has 4 rings (SSSR count). The highest BCUT2D eigenvalue weighted by Crippen LogP contribution is 2.40. The monoisotopic (exact) mass is 738 g/mol. The SMILES string of the molecule is COc1ncc(C[C@H](C)c2cc([N+](=O)[O-])ccc2OC(=O)Oc2ccc([N+](=O)[O-])cc2[C@@H](C)Cc2cnc(OC)c(C(F)(F)F)c2)cc1C(F)(F)F. The van der Waals surface area contributed by atoms with E-state index in [4.69, 9.17) is 18.9 Å². The minimum absolute atomic E-state index is 0.0419. The van der Waals surface area contributed by atoms with Crippen LogP contribution < -0.4 is 18.9 Å². The second-order valence-electron chi connectivity index (χ2n) is 11.4. The Hall–Kier alpha value is -6.01. The number of nitro groups is 2. The largest absolute Gasteiger partial charge is 0.519 e. The van der Waals surface area contributed by atoms with Crippen molar-refractivity contribution < 1.29 is 59.9 Å². The number of benzene rings is 2. The third kappa shape index (κ3) is 9.20. The fourth-order valence-electron chi connectivity index (χ4n) is 5.33. The lowest BCUT2D eigenvalue weighted by Crippen LogP contribution is -2.17. The van der Waals surface area contributed by atoms with Crippen molar-refractivity contribution in [3.05, 3.63) is 115 Å². The van der Waals surface area contributed by atoms with E-state index >= 15 is 0 Å². The molecule has 2 atom stereocenters. The number of rotatable bonds is 12. The molecule has 0 fully saturated rings. The molecule has 2 heterocycles. The maximum absolute atomic E-state index is 13.6. The van der Waals surface area contributed by atoms with Crippen molar-refractivity contribution in [3.8, 4) is 23.3 Å². The van der Waals surface area contributed by atoms with Crippen LogP contribution in [-0.2, 0) is 25.2 Å². The van der Waals surface area contributed by atoms with Gasteiger partial charge in [-0.15, -0.1) is 0 Å². The molecule has 0 spiro atoms. The van der Waals surface area contributed by atoms with E-state index in [1.807, 2.05) is 0 Å². The van der Waals surface area contributed by atoms with Crippen molar-refractivity contribution in [2.75, 3.05) is 14.2 Å². The predicted octanol–water partition coefficient (Wildman–Crippen LogP) is 8.62. The molecule has 0 aliphatic carbocycles. The lowest BCUT2D eigenvalue weighted by Gasteiger charge is -2.19. The van der Waals surface area contributed by atoms with E-state index in [9.17, 15) is 51.4 Å². The van der Waals surface area contributed by atoms with E-state index in [0.717, 1.165) is 75.1 Å². The van der Waals surface area contributed by atoms with Crippen molar-refractivity contribution in [1.82, 2.24) is 9.97 Å². The topological polar surface area (TPSA) is 166 Å². The Balaban J connectivity index is 1.63. The lowest BCUT2D eigenvalue weighted by atomic mass is 9.92. The van der Waals surface area contributed by atoms with Gasteiger partial charge in [0.05, 0.1) is 24.1 Å². The summed E-state index contributed by atoms with van der Waals surface area (Å²) in [7, 11) is 2.05. The number of aromatic nitrogens is 2. The van der Waals surface area contributed by atoms with Crippen LogP contribution in [0.3, 0.4) is 0 Å². The third-order valence-electron chi connectivity index (χ3n) is 7.75. The molecule has 0 saturated heterocycles. The van der Waals surface area contributed by atoms with Crippen LogP contribution >= 0.6 is 0 Å². The second-order valence-corrected chi connectivity index (χ2v) is 11.4. The number of ether oxygens (including phenoxy) is 4. The van der Waals surface area contributed by atoms with Crippen molar-refractivity contribution in [3.63, 3.8) is 0 Å². The first-order valence-corrected chi connectivity index (χ1v) is 15.0. The zero-order valence-electron chi connectivity index (χ0n) is 27.6. The molecular weight excluding hydrogens is 710 g/mol. The number of pyridine rings is 2. The van der Waals surface area contributed by atoms with Gasteiger partial charge in [0, 0.05) is 47.8 Å². The van der Waals surface area contributed by atoms with Crippen LogP contribution in [0.2, 0.25) is 0 Å². The zero-order valence-corrected chi connectivity index (χ0v) is 27.6. The molecule has 2 aromatic carbocycles. The van der Waals surface area contributed by atoms with Crippen LogP contribution in [0.4, 0.5) is 42.5 Å². The number of nitrogens with zero attached hydrogens (tertiary/aromatic N) is 4. The van der Waals surface area contributed by atoms with E-state index in [-0.39, 0.29) is 46.6 Å². The number of alkyl halides is 6. The standard InChI is InChI=1S/C33H28F6N4O9/c1-17(9-19-11-25(32(34,35)36)29(49-3)40-15-19)23-13-21(42(45)46)5-7-27(23)51-31(44)52-28-8-6-22(43(47)48)14-24(28)18(2)10-20-12-26(33(37,38)39)30(50-4)41-16-20/h5-8,11-18H,9-10H2,1-4H3/t17-,18-/m0/s1. The number of hydrogen-bond acceptors (Lipinski definition) is 11. The smallest absolute Gasteiger partial charge is 0.481 e. The summed E-state index contributed by atoms with van der Waals surface area (Å²) in [5.41, 5.74) is -2.87. The molecule has 0 radical (unpaired) electrons. The summed E-state index contributed by atoms with van der Waals surface area (Å²) in [4.78, 5) is 42.2. The van der Waals surface area contributed by atoms with E-state index < -0.39 is 74.5 Å². The molecule has 0 aliphatic heterocycles. The molecule has 276 valence electrons. The van der Waals surface area contributed by atoms with Gasteiger partial charge in [0.15, 0.2) is 0 Å². The van der Waals surface area contributed by atoms with Gasteiger partial charge in [0.2, 0.25) is 11.8 Å². The van der Waals surface area contributed by atoms with Gasteiger partial charge >= 0.3 is 18.5 Å². The summed E-state index contributed by atoms with van der Waals surface area (Å²) in [5.74, 6) is -3.40. The van der Waals surface area contributed by atoms with Crippen molar-refractivity contribution in [1.29, 1.82) is 0 Å². The highest BCUT2D eigenvalue weighted by Gasteiger charge is 2.37. The van der Waals surface area contributed by atoms with Gasteiger partial charge in [-0.05, 0) is 60.1 Å². The zero-order chi connectivity index (χ0) is 38.5. The molecule has 4 aromatic rings. The van der Waals surface area contributed by atoms with Gasteiger partial charge in [0.25, 0.3) is 11.4 Å². The number of hydrogen-bond donors (Lipinski definition) is 0. The van der Waals surface area contributed by atoms with E-state index in [1.165, 1.54) is 13.8 Å². The van der Waals surface area contributed by atoms with Gasteiger partial charge in [-0.2, -0.15) is 26.3 Å². The van der Waals surface area contributed by atoms with Crippen LogP contribution in [0.1, 0.15) is 59.1 Å². The highest BCUT2D eigenvalue weighted by molar-refractivity contribution is 5.69. The number of methoxy groups -OCH3 is 2. The van der Waals surface area contributed by atoms with E-state index in [2.05, 4.69) is 9.97 Å². The Kier molecular flexibility index (Phi) is 11.5. The maximum atomic E-state index is 13.6. The molecule has 13 nitrogen and oxygen atoms in total. The van der Waals surface area contributed by atoms with Crippen LogP contribution in [0.25, 0.3) is 0 Å². The van der Waals surface area contributed by atoms with Crippen LogP contribution in [0.5, 0.6) is 23.3 Å². The molecule has 0 N–H and O–H groups in total. The summed E-state index contributed by atoms with van der Waals surface area (Å²) in [6, 6.07) is 8.01. The molecule has 2 aromatic heterocycles. The Morgan fingerprint density at radius 2 is 1.06 bits per heavy atom. The predicted molar refractivity (Wildman–Crippen MR) is 169 cm³/mol. The molecule has 0 aliphatic rings. The average Bonchev–Trinajstić information content (AvgIpc) is 3.07. The molecule has 0 bridgehead atoms. The normalized spacial score (nSPS) is 12.8. The fourth-order valence-corrected chi connectivity index (χ4v) is 5.33. The number of carbonyl (C=O) groups is 1. The molecular formula is C33H28F6N4O9. The Morgan fingerprint density at radius 3 is 1.37 bits per heavy atom. The molecule has 0 amide bonds. The maximum Gasteiger partial charge on any atom is 0.519 e. The Morgan fingerprint density at radius 1 is 0.692 bits per heavy atom. The van der Waals surface area contributed by atoms with Gasteiger partial charge in [0.1, 0.15) is 22.6 Å². The minimum Gasteiger partial charge on any atom is -0.481 e. The van der Waals surface area contributed by atoms with Crippen LogP contribution in [-0.4, -0.2) is 40.2 Å². The summed E-state index contributed by atoms with van der Waals surface area (Å²) in [6.07, 6.45) is -9.01. The summed E-state index contributed by atoms with van der Waals surface area (Å²) >= 11 is 0. The second kappa shape index (κ2) is 15.5. The van der Waals surface area contributed by atoms with Gasteiger partial charge in [-0.25, -0.2) is 14.8 Å². The first-order chi connectivity index (χ1) is 24.3. The third-order valence-corrected chi connectivity index (χ3v) is 7.75.